The lowest BCUT2D eigenvalue weighted by Crippen LogP contribution is -2.31. The summed E-state index contributed by atoms with van der Waals surface area (Å²) in [5, 5.41) is 18.2. The van der Waals surface area contributed by atoms with Gasteiger partial charge in [-0.2, -0.15) is 0 Å². The lowest BCUT2D eigenvalue weighted by Gasteiger charge is -2.17. The molecule has 2 N–H and O–H groups in total. The average Bonchev–Trinajstić information content (AvgIpc) is 2.04. The van der Waals surface area contributed by atoms with E-state index >= 15 is 0 Å². The third kappa shape index (κ3) is 2.08. The van der Waals surface area contributed by atoms with Crippen LogP contribution in [0.4, 0.5) is 0 Å². The monoisotopic (exact) mass is 244 g/mol. The zero-order valence-corrected chi connectivity index (χ0v) is 8.58. The second-order valence-electron chi connectivity index (χ2n) is 2.88. The van der Waals surface area contributed by atoms with Crippen molar-refractivity contribution in [3.63, 3.8) is 0 Å². The first-order chi connectivity index (χ1) is 5.94. The Labute approximate surface area is 84.1 Å². The standard InChI is InChI=1S/C9H9BrO3/c1-9(13,8(11)12)6-2-4-7(10)5-3-6/h2-5,13H,1H3,(H,11,12)/t9-/m1/s1. The molecule has 0 amide bonds. The van der Waals surface area contributed by atoms with Crippen molar-refractivity contribution in [3.05, 3.63) is 34.3 Å². The Morgan fingerprint density at radius 2 is 1.85 bits per heavy atom. The molecule has 0 aliphatic heterocycles. The van der Waals surface area contributed by atoms with Crippen LogP contribution in [0, 0.1) is 0 Å². The fourth-order valence-electron chi connectivity index (χ4n) is 0.898. The minimum absolute atomic E-state index is 0.364. The molecule has 1 rings (SSSR count). The Hall–Kier alpha value is -0.870. The number of hydrogen-bond donors (Lipinski definition) is 2. The van der Waals surface area contributed by atoms with Crippen LogP contribution in [-0.4, -0.2) is 16.2 Å². The van der Waals surface area contributed by atoms with Crippen molar-refractivity contribution in [1.29, 1.82) is 0 Å². The fourth-order valence-corrected chi connectivity index (χ4v) is 1.16. The molecule has 0 spiro atoms. The number of rotatable bonds is 2. The fraction of sp³-hybridized carbons (Fsp3) is 0.222. The number of carbonyl (C=O) groups is 1. The first-order valence-corrected chi connectivity index (χ1v) is 4.45. The van der Waals surface area contributed by atoms with E-state index in [0.717, 1.165) is 4.47 Å². The van der Waals surface area contributed by atoms with Gasteiger partial charge in [0.05, 0.1) is 0 Å². The maximum absolute atomic E-state index is 10.6. The molecule has 1 aromatic rings. The molecular formula is C9H9BrO3. The van der Waals surface area contributed by atoms with Gasteiger partial charge in [0.15, 0.2) is 5.60 Å². The van der Waals surface area contributed by atoms with Gasteiger partial charge in [-0.25, -0.2) is 4.79 Å². The van der Waals surface area contributed by atoms with Crippen LogP contribution in [0.3, 0.4) is 0 Å². The summed E-state index contributed by atoms with van der Waals surface area (Å²) in [6.45, 7) is 1.25. The summed E-state index contributed by atoms with van der Waals surface area (Å²) in [5.74, 6) is -1.25. The molecule has 70 valence electrons. The van der Waals surface area contributed by atoms with Crippen LogP contribution in [0.15, 0.2) is 28.7 Å². The predicted molar refractivity (Wildman–Crippen MR) is 51.3 cm³/mol. The molecule has 1 aromatic carbocycles. The van der Waals surface area contributed by atoms with E-state index in [9.17, 15) is 9.90 Å². The minimum Gasteiger partial charge on any atom is -0.479 e. The van der Waals surface area contributed by atoms with Gasteiger partial charge in [0.1, 0.15) is 0 Å². The highest BCUT2D eigenvalue weighted by Crippen LogP contribution is 2.22. The number of benzene rings is 1. The molecule has 0 fully saturated rings. The quantitative estimate of drug-likeness (QED) is 0.834. The number of aliphatic carboxylic acids is 1. The van der Waals surface area contributed by atoms with Gasteiger partial charge in [-0.1, -0.05) is 28.1 Å². The molecule has 0 unspecified atom stereocenters. The molecule has 0 aliphatic rings. The molecule has 0 aliphatic carbocycles. The Balaban J connectivity index is 3.08. The van der Waals surface area contributed by atoms with E-state index in [4.69, 9.17) is 5.11 Å². The van der Waals surface area contributed by atoms with Gasteiger partial charge < -0.3 is 10.2 Å². The van der Waals surface area contributed by atoms with Crippen molar-refractivity contribution in [1.82, 2.24) is 0 Å². The summed E-state index contributed by atoms with van der Waals surface area (Å²) in [4.78, 5) is 10.6. The van der Waals surface area contributed by atoms with Crippen LogP contribution < -0.4 is 0 Å². The minimum atomic E-state index is -1.82. The summed E-state index contributed by atoms with van der Waals surface area (Å²) in [6, 6.07) is 6.51. The van der Waals surface area contributed by atoms with Gasteiger partial charge in [0, 0.05) is 4.47 Å². The van der Waals surface area contributed by atoms with E-state index in [-0.39, 0.29) is 0 Å². The van der Waals surface area contributed by atoms with Crippen LogP contribution in [0.1, 0.15) is 12.5 Å². The highest BCUT2D eigenvalue weighted by molar-refractivity contribution is 9.10. The molecular weight excluding hydrogens is 236 g/mol. The highest BCUT2D eigenvalue weighted by atomic mass is 79.9. The number of hydrogen-bond acceptors (Lipinski definition) is 2. The summed E-state index contributed by atoms with van der Waals surface area (Å²) in [6.07, 6.45) is 0. The van der Waals surface area contributed by atoms with Crippen molar-refractivity contribution in [2.45, 2.75) is 12.5 Å². The van der Waals surface area contributed by atoms with E-state index in [1.807, 2.05) is 0 Å². The van der Waals surface area contributed by atoms with Crippen molar-refractivity contribution in [3.8, 4) is 0 Å². The molecule has 3 nitrogen and oxygen atoms in total. The molecule has 0 radical (unpaired) electrons. The van der Waals surface area contributed by atoms with Crippen molar-refractivity contribution in [2.24, 2.45) is 0 Å². The molecule has 0 saturated heterocycles. The van der Waals surface area contributed by atoms with E-state index in [0.29, 0.717) is 5.56 Å². The molecule has 1 atom stereocenters. The molecule has 0 bridgehead atoms. The van der Waals surface area contributed by atoms with Gasteiger partial charge in [0.25, 0.3) is 0 Å². The van der Waals surface area contributed by atoms with Gasteiger partial charge >= 0.3 is 5.97 Å². The molecule has 4 heteroatoms. The van der Waals surface area contributed by atoms with E-state index in [1.165, 1.54) is 6.92 Å². The highest BCUT2D eigenvalue weighted by Gasteiger charge is 2.31. The van der Waals surface area contributed by atoms with Crippen LogP contribution in [0.5, 0.6) is 0 Å². The normalized spacial score (nSPS) is 15.0. The Bertz CT molecular complexity index is 316. The first-order valence-electron chi connectivity index (χ1n) is 3.66. The molecule has 0 aromatic heterocycles. The number of carboxylic acid groups (broad SMARTS) is 1. The zero-order chi connectivity index (χ0) is 10.1. The summed E-state index contributed by atoms with van der Waals surface area (Å²) in [5.41, 5.74) is -1.45. The number of aliphatic hydroxyl groups is 1. The Morgan fingerprint density at radius 3 is 2.23 bits per heavy atom. The van der Waals surface area contributed by atoms with Crippen LogP contribution in [0.2, 0.25) is 0 Å². The maximum atomic E-state index is 10.6. The van der Waals surface area contributed by atoms with Crippen molar-refractivity contribution in [2.75, 3.05) is 0 Å². The largest absolute Gasteiger partial charge is 0.479 e. The Kier molecular flexibility index (Phi) is 2.73. The number of carboxylic acids is 1. The molecule has 0 heterocycles. The Morgan fingerprint density at radius 1 is 1.38 bits per heavy atom. The third-order valence-corrected chi connectivity index (χ3v) is 2.35. The maximum Gasteiger partial charge on any atom is 0.340 e. The lowest BCUT2D eigenvalue weighted by atomic mass is 9.97. The lowest BCUT2D eigenvalue weighted by molar-refractivity contribution is -0.157. The van der Waals surface area contributed by atoms with Gasteiger partial charge in [-0.15, -0.1) is 0 Å². The molecule has 0 saturated carbocycles. The van der Waals surface area contributed by atoms with Crippen molar-refractivity contribution < 1.29 is 15.0 Å². The second kappa shape index (κ2) is 3.47. The first kappa shape index (κ1) is 10.2. The van der Waals surface area contributed by atoms with Crippen LogP contribution >= 0.6 is 15.9 Å². The van der Waals surface area contributed by atoms with Crippen molar-refractivity contribution >= 4 is 21.9 Å². The summed E-state index contributed by atoms with van der Waals surface area (Å²) < 4.78 is 0.845. The van der Waals surface area contributed by atoms with Gasteiger partial charge in [-0.05, 0) is 24.6 Å². The van der Waals surface area contributed by atoms with Gasteiger partial charge in [0.2, 0.25) is 0 Å². The van der Waals surface area contributed by atoms with E-state index in [1.54, 1.807) is 24.3 Å². The SMILES string of the molecule is C[C@](O)(C(=O)O)c1ccc(Br)cc1. The smallest absolute Gasteiger partial charge is 0.340 e. The second-order valence-corrected chi connectivity index (χ2v) is 3.80. The van der Waals surface area contributed by atoms with E-state index < -0.39 is 11.6 Å². The van der Waals surface area contributed by atoms with Crippen LogP contribution in [-0.2, 0) is 10.4 Å². The average molecular weight is 245 g/mol. The topological polar surface area (TPSA) is 57.5 Å². The van der Waals surface area contributed by atoms with Crippen LogP contribution in [0.25, 0.3) is 0 Å². The number of halogens is 1. The summed E-state index contributed by atoms with van der Waals surface area (Å²) >= 11 is 3.22. The third-order valence-electron chi connectivity index (χ3n) is 1.82. The zero-order valence-electron chi connectivity index (χ0n) is 6.99. The summed E-state index contributed by atoms with van der Waals surface area (Å²) in [7, 11) is 0. The van der Waals surface area contributed by atoms with E-state index in [2.05, 4.69) is 15.9 Å². The van der Waals surface area contributed by atoms with Gasteiger partial charge in [-0.3, -0.25) is 0 Å². The molecule has 13 heavy (non-hydrogen) atoms. The predicted octanol–water partition coefficient (Wildman–Crippen LogP) is 1.74.